The van der Waals surface area contributed by atoms with Crippen molar-refractivity contribution in [1.29, 1.82) is 0 Å². The van der Waals surface area contributed by atoms with Crippen LogP contribution >= 0.6 is 0 Å². The minimum absolute atomic E-state index is 0.322. The molecule has 2 fully saturated rings. The molecule has 2 aliphatic rings. The highest BCUT2D eigenvalue weighted by atomic mass is 15.2. The SMILES string of the molecule is CC(N)C1CCCCN1C1CCCCC1C(C)(C)C. The number of piperidine rings is 1. The molecule has 1 saturated carbocycles. The van der Waals surface area contributed by atoms with Crippen LogP contribution in [0.25, 0.3) is 0 Å². The van der Waals surface area contributed by atoms with Crippen LogP contribution < -0.4 is 5.73 Å². The van der Waals surface area contributed by atoms with Crippen LogP contribution in [0.4, 0.5) is 0 Å². The Balaban J connectivity index is 2.15. The minimum Gasteiger partial charge on any atom is -0.327 e. The summed E-state index contributed by atoms with van der Waals surface area (Å²) in [6.07, 6.45) is 9.70. The van der Waals surface area contributed by atoms with Gasteiger partial charge in [0.1, 0.15) is 0 Å². The Kier molecular flexibility index (Phi) is 4.94. The van der Waals surface area contributed by atoms with Crippen molar-refractivity contribution in [1.82, 2.24) is 4.90 Å². The summed E-state index contributed by atoms with van der Waals surface area (Å²) < 4.78 is 0. The summed E-state index contributed by atoms with van der Waals surface area (Å²) in [6, 6.07) is 1.73. The van der Waals surface area contributed by atoms with Gasteiger partial charge in [-0.05, 0) is 50.5 Å². The summed E-state index contributed by atoms with van der Waals surface area (Å²) in [6.45, 7) is 10.8. The van der Waals surface area contributed by atoms with Crippen molar-refractivity contribution in [2.24, 2.45) is 17.1 Å². The van der Waals surface area contributed by atoms with Crippen LogP contribution in [0.5, 0.6) is 0 Å². The van der Waals surface area contributed by atoms with Crippen LogP contribution in [0.3, 0.4) is 0 Å². The molecule has 2 N–H and O–H groups in total. The minimum atomic E-state index is 0.322. The summed E-state index contributed by atoms with van der Waals surface area (Å²) >= 11 is 0. The van der Waals surface area contributed by atoms with E-state index in [2.05, 4.69) is 32.6 Å². The third-order valence-electron chi connectivity index (χ3n) is 5.47. The summed E-state index contributed by atoms with van der Waals surface area (Å²) in [5.74, 6) is 0.848. The van der Waals surface area contributed by atoms with Gasteiger partial charge in [0, 0.05) is 18.1 Å². The van der Waals surface area contributed by atoms with E-state index in [-0.39, 0.29) is 0 Å². The Labute approximate surface area is 120 Å². The van der Waals surface area contributed by atoms with E-state index in [9.17, 15) is 0 Å². The summed E-state index contributed by atoms with van der Waals surface area (Å²) in [5.41, 5.74) is 6.71. The number of hydrogen-bond donors (Lipinski definition) is 1. The Morgan fingerprint density at radius 2 is 1.63 bits per heavy atom. The normalized spacial score (nSPS) is 36.2. The average Bonchev–Trinajstić information content (AvgIpc) is 2.37. The van der Waals surface area contributed by atoms with Gasteiger partial charge in [-0.15, -0.1) is 0 Å². The van der Waals surface area contributed by atoms with Gasteiger partial charge in [0.15, 0.2) is 0 Å². The molecular formula is C17H34N2. The number of nitrogens with zero attached hydrogens (tertiary/aromatic N) is 1. The van der Waals surface area contributed by atoms with Gasteiger partial charge >= 0.3 is 0 Å². The number of nitrogens with two attached hydrogens (primary N) is 1. The zero-order valence-electron chi connectivity index (χ0n) is 13.5. The third kappa shape index (κ3) is 3.52. The van der Waals surface area contributed by atoms with Gasteiger partial charge in [0.2, 0.25) is 0 Å². The maximum Gasteiger partial charge on any atom is 0.0247 e. The van der Waals surface area contributed by atoms with Crippen LogP contribution in [-0.4, -0.2) is 29.6 Å². The third-order valence-corrected chi connectivity index (χ3v) is 5.47. The first-order valence-electron chi connectivity index (χ1n) is 8.42. The molecule has 2 rings (SSSR count). The largest absolute Gasteiger partial charge is 0.327 e. The molecule has 0 aromatic rings. The molecule has 19 heavy (non-hydrogen) atoms. The average molecular weight is 266 g/mol. The molecule has 112 valence electrons. The van der Waals surface area contributed by atoms with Crippen molar-refractivity contribution in [2.45, 2.75) is 90.8 Å². The second kappa shape index (κ2) is 6.13. The second-order valence-electron chi connectivity index (χ2n) is 7.98. The van der Waals surface area contributed by atoms with Crippen molar-refractivity contribution in [3.05, 3.63) is 0 Å². The number of hydrogen-bond acceptors (Lipinski definition) is 2. The monoisotopic (exact) mass is 266 g/mol. The maximum absolute atomic E-state index is 6.28. The summed E-state index contributed by atoms with van der Waals surface area (Å²) in [7, 11) is 0. The van der Waals surface area contributed by atoms with E-state index in [0.717, 1.165) is 12.0 Å². The topological polar surface area (TPSA) is 29.3 Å². The highest BCUT2D eigenvalue weighted by Gasteiger charge is 2.40. The molecule has 0 amide bonds. The lowest BCUT2D eigenvalue weighted by Crippen LogP contribution is -2.57. The van der Waals surface area contributed by atoms with Gasteiger partial charge in [-0.2, -0.15) is 0 Å². The van der Waals surface area contributed by atoms with E-state index in [1.54, 1.807) is 0 Å². The van der Waals surface area contributed by atoms with Crippen LogP contribution in [0.15, 0.2) is 0 Å². The van der Waals surface area contributed by atoms with Crippen molar-refractivity contribution >= 4 is 0 Å². The molecule has 0 radical (unpaired) electrons. The molecule has 4 unspecified atom stereocenters. The highest BCUT2D eigenvalue weighted by Crippen LogP contribution is 2.42. The van der Waals surface area contributed by atoms with E-state index < -0.39 is 0 Å². The molecule has 4 atom stereocenters. The zero-order chi connectivity index (χ0) is 14.0. The molecule has 0 aromatic carbocycles. The van der Waals surface area contributed by atoms with E-state index in [0.29, 0.717) is 17.5 Å². The first-order valence-corrected chi connectivity index (χ1v) is 8.42. The van der Waals surface area contributed by atoms with E-state index >= 15 is 0 Å². The van der Waals surface area contributed by atoms with E-state index in [1.165, 1.54) is 51.5 Å². The van der Waals surface area contributed by atoms with Crippen LogP contribution in [0.2, 0.25) is 0 Å². The molecular weight excluding hydrogens is 232 g/mol. The zero-order valence-corrected chi connectivity index (χ0v) is 13.5. The van der Waals surface area contributed by atoms with Crippen LogP contribution in [0.1, 0.15) is 72.6 Å². The molecule has 0 spiro atoms. The molecule has 1 aliphatic carbocycles. The van der Waals surface area contributed by atoms with Gasteiger partial charge in [-0.1, -0.05) is 40.0 Å². The first-order chi connectivity index (χ1) is 8.91. The highest BCUT2D eigenvalue weighted by molar-refractivity contribution is 4.95. The van der Waals surface area contributed by atoms with E-state index in [4.69, 9.17) is 5.73 Å². The Hall–Kier alpha value is -0.0800. The maximum atomic E-state index is 6.28. The van der Waals surface area contributed by atoms with Gasteiger partial charge in [0.05, 0.1) is 0 Å². The van der Waals surface area contributed by atoms with Crippen LogP contribution in [-0.2, 0) is 0 Å². The Bertz CT molecular complexity index is 279. The smallest absolute Gasteiger partial charge is 0.0247 e. The molecule has 1 saturated heterocycles. The van der Waals surface area contributed by atoms with Crippen molar-refractivity contribution < 1.29 is 0 Å². The molecule has 0 aromatic heterocycles. The fourth-order valence-corrected chi connectivity index (χ4v) is 4.47. The number of rotatable bonds is 2. The van der Waals surface area contributed by atoms with E-state index in [1.807, 2.05) is 0 Å². The van der Waals surface area contributed by atoms with Gasteiger partial charge in [-0.25, -0.2) is 0 Å². The lowest BCUT2D eigenvalue weighted by molar-refractivity contribution is -0.00667. The van der Waals surface area contributed by atoms with Crippen molar-refractivity contribution in [3.63, 3.8) is 0 Å². The fraction of sp³-hybridized carbons (Fsp3) is 1.00. The number of likely N-dealkylation sites (tertiary alicyclic amines) is 1. The fourth-order valence-electron chi connectivity index (χ4n) is 4.47. The van der Waals surface area contributed by atoms with Crippen molar-refractivity contribution in [2.75, 3.05) is 6.54 Å². The molecule has 0 bridgehead atoms. The molecule has 2 heteroatoms. The van der Waals surface area contributed by atoms with Gasteiger partial charge in [0.25, 0.3) is 0 Å². The molecule has 1 heterocycles. The lowest BCUT2D eigenvalue weighted by Gasteiger charge is -2.51. The predicted octanol–water partition coefficient (Wildman–Crippen LogP) is 3.79. The van der Waals surface area contributed by atoms with Crippen LogP contribution in [0, 0.1) is 11.3 Å². The van der Waals surface area contributed by atoms with Crippen molar-refractivity contribution in [3.8, 4) is 0 Å². The first kappa shape index (κ1) is 15.3. The molecule has 1 aliphatic heterocycles. The second-order valence-corrected chi connectivity index (χ2v) is 7.98. The van der Waals surface area contributed by atoms with Gasteiger partial charge in [-0.3, -0.25) is 4.90 Å². The Morgan fingerprint density at radius 1 is 1.00 bits per heavy atom. The Morgan fingerprint density at radius 3 is 2.26 bits per heavy atom. The standard InChI is InChI=1S/C17H34N2/c1-13(18)15-10-7-8-12-19(15)16-11-6-5-9-14(16)17(2,3)4/h13-16H,5-12,18H2,1-4H3. The quantitative estimate of drug-likeness (QED) is 0.824. The summed E-state index contributed by atoms with van der Waals surface area (Å²) in [4.78, 5) is 2.81. The molecule has 2 nitrogen and oxygen atoms in total. The lowest BCUT2D eigenvalue weighted by atomic mass is 9.68. The summed E-state index contributed by atoms with van der Waals surface area (Å²) in [5, 5.41) is 0. The predicted molar refractivity (Wildman–Crippen MR) is 83.2 cm³/mol. The van der Waals surface area contributed by atoms with Gasteiger partial charge < -0.3 is 5.73 Å².